The molecule has 13 heavy (non-hydrogen) atoms. The fraction of sp³-hybridized carbons (Fsp3) is 0. The van der Waals surface area contributed by atoms with Gasteiger partial charge in [-0.25, -0.2) is 4.98 Å². The molecule has 0 saturated heterocycles. The van der Waals surface area contributed by atoms with Gasteiger partial charge in [0.2, 0.25) is 0 Å². The van der Waals surface area contributed by atoms with Crippen LogP contribution < -0.4 is 11.3 Å². The molecular weight excluding hydrogens is 184 g/mol. The van der Waals surface area contributed by atoms with Crippen molar-refractivity contribution in [2.75, 3.05) is 5.43 Å². The highest BCUT2D eigenvalue weighted by Crippen LogP contribution is 2.25. The Bertz CT molecular complexity index is 385. The van der Waals surface area contributed by atoms with Gasteiger partial charge in [-0.3, -0.25) is 10.8 Å². The Morgan fingerprint density at radius 1 is 1.31 bits per heavy atom. The molecular formula is C8H8N4S. The molecule has 0 saturated carbocycles. The minimum absolute atomic E-state index is 0.789. The molecule has 2 rings (SSSR count). The van der Waals surface area contributed by atoms with Gasteiger partial charge in [0.1, 0.15) is 10.7 Å². The molecule has 4 nitrogen and oxygen atoms in total. The number of nitrogens with one attached hydrogen (secondary N) is 1. The molecule has 2 aromatic heterocycles. The van der Waals surface area contributed by atoms with E-state index in [2.05, 4.69) is 15.4 Å². The zero-order valence-corrected chi connectivity index (χ0v) is 7.58. The van der Waals surface area contributed by atoms with Gasteiger partial charge in [-0.05, 0) is 12.1 Å². The summed E-state index contributed by atoms with van der Waals surface area (Å²) >= 11 is 1.54. The SMILES string of the molecule is NNc1cccnc1-c1nccs1. The number of rotatable bonds is 2. The first kappa shape index (κ1) is 8.15. The van der Waals surface area contributed by atoms with E-state index < -0.39 is 0 Å². The Morgan fingerprint density at radius 3 is 2.92 bits per heavy atom. The van der Waals surface area contributed by atoms with Crippen molar-refractivity contribution in [3.63, 3.8) is 0 Å². The van der Waals surface area contributed by atoms with E-state index >= 15 is 0 Å². The number of anilines is 1. The maximum Gasteiger partial charge on any atom is 0.143 e. The van der Waals surface area contributed by atoms with E-state index in [1.54, 1.807) is 12.4 Å². The van der Waals surface area contributed by atoms with Crippen molar-refractivity contribution in [1.29, 1.82) is 0 Å². The predicted molar refractivity (Wildman–Crippen MR) is 53.2 cm³/mol. The number of pyridine rings is 1. The van der Waals surface area contributed by atoms with E-state index in [0.29, 0.717) is 0 Å². The normalized spacial score (nSPS) is 9.92. The number of nitrogens with two attached hydrogens (primary N) is 1. The minimum Gasteiger partial charge on any atom is -0.322 e. The van der Waals surface area contributed by atoms with Crippen LogP contribution in [0.3, 0.4) is 0 Å². The Morgan fingerprint density at radius 2 is 2.23 bits per heavy atom. The van der Waals surface area contributed by atoms with Crippen LogP contribution in [0.5, 0.6) is 0 Å². The maximum atomic E-state index is 5.34. The van der Waals surface area contributed by atoms with Crippen LogP contribution in [0.4, 0.5) is 5.69 Å². The van der Waals surface area contributed by atoms with Gasteiger partial charge in [-0.15, -0.1) is 11.3 Å². The molecule has 0 atom stereocenters. The van der Waals surface area contributed by atoms with Crippen molar-refractivity contribution < 1.29 is 0 Å². The lowest BCUT2D eigenvalue weighted by atomic mass is 10.3. The van der Waals surface area contributed by atoms with Gasteiger partial charge < -0.3 is 5.43 Å². The number of nitrogen functional groups attached to an aromatic ring is 1. The number of nitrogens with zero attached hydrogens (tertiary/aromatic N) is 2. The van der Waals surface area contributed by atoms with Crippen LogP contribution >= 0.6 is 11.3 Å². The Balaban J connectivity index is 2.51. The lowest BCUT2D eigenvalue weighted by Crippen LogP contribution is -2.08. The van der Waals surface area contributed by atoms with Crippen LogP contribution in [0.1, 0.15) is 0 Å². The van der Waals surface area contributed by atoms with Gasteiger partial charge in [-0.1, -0.05) is 0 Å². The second-order valence-electron chi connectivity index (χ2n) is 2.38. The number of hydrogen-bond donors (Lipinski definition) is 2. The van der Waals surface area contributed by atoms with Crippen LogP contribution in [0.15, 0.2) is 29.9 Å². The zero-order valence-electron chi connectivity index (χ0n) is 6.77. The average molecular weight is 192 g/mol. The van der Waals surface area contributed by atoms with Gasteiger partial charge >= 0.3 is 0 Å². The van der Waals surface area contributed by atoms with E-state index in [-0.39, 0.29) is 0 Å². The summed E-state index contributed by atoms with van der Waals surface area (Å²) < 4.78 is 0. The van der Waals surface area contributed by atoms with Crippen LogP contribution in [-0.4, -0.2) is 9.97 Å². The highest BCUT2D eigenvalue weighted by Gasteiger charge is 2.06. The summed E-state index contributed by atoms with van der Waals surface area (Å²) in [5, 5.41) is 2.78. The van der Waals surface area contributed by atoms with Gasteiger partial charge in [0.15, 0.2) is 0 Å². The Labute approximate surface area is 79.4 Å². The summed E-state index contributed by atoms with van der Waals surface area (Å²) in [5.74, 6) is 5.34. The fourth-order valence-electron chi connectivity index (χ4n) is 1.03. The summed E-state index contributed by atoms with van der Waals surface area (Å²) in [6.07, 6.45) is 3.46. The smallest absolute Gasteiger partial charge is 0.143 e. The zero-order chi connectivity index (χ0) is 9.10. The summed E-state index contributed by atoms with van der Waals surface area (Å²) in [6, 6.07) is 3.69. The molecule has 0 aromatic carbocycles. The first-order valence-electron chi connectivity index (χ1n) is 3.73. The van der Waals surface area contributed by atoms with Gasteiger partial charge in [0.05, 0.1) is 5.69 Å². The third-order valence-electron chi connectivity index (χ3n) is 1.60. The number of hydrogen-bond acceptors (Lipinski definition) is 5. The second-order valence-corrected chi connectivity index (χ2v) is 3.28. The number of hydrazine groups is 1. The molecule has 66 valence electrons. The predicted octanol–water partition coefficient (Wildman–Crippen LogP) is 1.49. The fourth-order valence-corrected chi connectivity index (χ4v) is 1.68. The average Bonchev–Trinajstić information content (AvgIpc) is 2.70. The van der Waals surface area contributed by atoms with E-state index in [1.165, 1.54) is 11.3 Å². The van der Waals surface area contributed by atoms with Crippen molar-refractivity contribution >= 4 is 17.0 Å². The molecule has 0 bridgehead atoms. The lowest BCUT2D eigenvalue weighted by Gasteiger charge is -2.03. The molecule has 0 aliphatic carbocycles. The van der Waals surface area contributed by atoms with Crippen molar-refractivity contribution in [2.24, 2.45) is 5.84 Å². The van der Waals surface area contributed by atoms with E-state index in [0.717, 1.165) is 16.4 Å². The third-order valence-corrected chi connectivity index (χ3v) is 2.38. The van der Waals surface area contributed by atoms with Crippen molar-refractivity contribution in [3.05, 3.63) is 29.9 Å². The van der Waals surface area contributed by atoms with Gasteiger partial charge in [0, 0.05) is 17.8 Å². The van der Waals surface area contributed by atoms with E-state index in [1.807, 2.05) is 17.5 Å². The maximum absolute atomic E-state index is 5.34. The largest absolute Gasteiger partial charge is 0.322 e. The summed E-state index contributed by atoms with van der Waals surface area (Å²) in [7, 11) is 0. The first-order valence-corrected chi connectivity index (χ1v) is 4.61. The van der Waals surface area contributed by atoms with Crippen LogP contribution in [0.25, 0.3) is 10.7 Å². The first-order chi connectivity index (χ1) is 6.42. The Kier molecular flexibility index (Phi) is 2.20. The third kappa shape index (κ3) is 1.51. The van der Waals surface area contributed by atoms with E-state index in [9.17, 15) is 0 Å². The molecule has 0 aliphatic rings. The monoisotopic (exact) mass is 192 g/mol. The minimum atomic E-state index is 0.789. The molecule has 0 aliphatic heterocycles. The highest BCUT2D eigenvalue weighted by atomic mass is 32.1. The molecule has 2 heterocycles. The molecule has 0 amide bonds. The topological polar surface area (TPSA) is 63.8 Å². The molecule has 0 unspecified atom stereocenters. The summed E-state index contributed by atoms with van der Waals surface area (Å²) in [6.45, 7) is 0. The van der Waals surface area contributed by atoms with Crippen molar-refractivity contribution in [3.8, 4) is 10.7 Å². The summed E-state index contributed by atoms with van der Waals surface area (Å²) in [5.41, 5.74) is 4.17. The molecule has 0 fully saturated rings. The van der Waals surface area contributed by atoms with Crippen molar-refractivity contribution in [1.82, 2.24) is 9.97 Å². The van der Waals surface area contributed by atoms with Crippen LogP contribution in [0.2, 0.25) is 0 Å². The van der Waals surface area contributed by atoms with Crippen LogP contribution in [-0.2, 0) is 0 Å². The quantitative estimate of drug-likeness (QED) is 0.559. The molecule has 2 aromatic rings. The van der Waals surface area contributed by atoms with E-state index in [4.69, 9.17) is 5.84 Å². The number of aromatic nitrogens is 2. The van der Waals surface area contributed by atoms with Crippen molar-refractivity contribution in [2.45, 2.75) is 0 Å². The molecule has 0 spiro atoms. The Hall–Kier alpha value is -1.46. The standard InChI is InChI=1S/C8H8N4S/c9-12-6-2-1-3-10-7(6)8-11-4-5-13-8/h1-5,12H,9H2. The summed E-state index contributed by atoms with van der Waals surface area (Å²) in [4.78, 5) is 8.35. The highest BCUT2D eigenvalue weighted by molar-refractivity contribution is 7.13. The molecule has 5 heteroatoms. The second kappa shape index (κ2) is 3.51. The number of thiazole rings is 1. The lowest BCUT2D eigenvalue weighted by molar-refractivity contribution is 1.25. The van der Waals surface area contributed by atoms with Gasteiger partial charge in [0.25, 0.3) is 0 Å². The molecule has 3 N–H and O–H groups in total. The molecule has 0 radical (unpaired) electrons. The van der Waals surface area contributed by atoms with Gasteiger partial charge in [-0.2, -0.15) is 0 Å². The van der Waals surface area contributed by atoms with Crippen LogP contribution in [0, 0.1) is 0 Å².